The lowest BCUT2D eigenvalue weighted by molar-refractivity contribution is -0.117. The van der Waals surface area contributed by atoms with E-state index >= 15 is 0 Å². The maximum absolute atomic E-state index is 12.6. The number of halogens is 1. The van der Waals surface area contributed by atoms with Crippen LogP contribution in [0.25, 0.3) is 17.4 Å². The molecule has 0 aliphatic heterocycles. The number of amides is 2. The van der Waals surface area contributed by atoms with Crippen LogP contribution in [0.5, 0.6) is 0 Å². The summed E-state index contributed by atoms with van der Waals surface area (Å²) in [6.45, 7) is 5.81. The lowest BCUT2D eigenvalue weighted by Gasteiger charge is -2.10. The van der Waals surface area contributed by atoms with Crippen molar-refractivity contribution in [1.29, 1.82) is 0 Å². The second kappa shape index (κ2) is 9.89. The standard InChI is InChI=1S/C24H21BrN2O3/c1-3-14-26-24(29)21(27-23(28)18-6-4-16(2)5-7-18)15-20-12-13-22(30-20)17-8-10-19(25)11-9-17/h3-13,15H,1,14H2,2H3,(H,26,29)(H,27,28). The van der Waals surface area contributed by atoms with Crippen LogP contribution in [0.15, 0.2) is 87.9 Å². The summed E-state index contributed by atoms with van der Waals surface area (Å²) in [6.07, 6.45) is 3.07. The summed E-state index contributed by atoms with van der Waals surface area (Å²) in [5.74, 6) is 0.289. The van der Waals surface area contributed by atoms with E-state index in [2.05, 4.69) is 33.1 Å². The summed E-state index contributed by atoms with van der Waals surface area (Å²) in [7, 11) is 0. The van der Waals surface area contributed by atoms with Crippen LogP contribution in [0.3, 0.4) is 0 Å². The van der Waals surface area contributed by atoms with Gasteiger partial charge in [0.1, 0.15) is 17.2 Å². The monoisotopic (exact) mass is 464 g/mol. The molecule has 1 aromatic heterocycles. The Labute approximate surface area is 183 Å². The zero-order chi connectivity index (χ0) is 21.5. The summed E-state index contributed by atoms with van der Waals surface area (Å²) in [5.41, 5.74) is 2.48. The molecule has 6 heteroatoms. The third-order valence-electron chi connectivity index (χ3n) is 4.26. The van der Waals surface area contributed by atoms with Crippen LogP contribution < -0.4 is 10.6 Å². The number of furan rings is 1. The number of hydrogen-bond donors (Lipinski definition) is 2. The van der Waals surface area contributed by atoms with E-state index in [1.54, 1.807) is 24.3 Å². The summed E-state index contributed by atoms with van der Waals surface area (Å²) in [5, 5.41) is 5.35. The molecular weight excluding hydrogens is 444 g/mol. The van der Waals surface area contributed by atoms with Gasteiger partial charge in [0.2, 0.25) is 0 Å². The van der Waals surface area contributed by atoms with E-state index in [0.717, 1.165) is 15.6 Å². The minimum Gasteiger partial charge on any atom is -0.457 e. The normalized spacial score (nSPS) is 11.1. The van der Waals surface area contributed by atoms with Crippen molar-refractivity contribution in [1.82, 2.24) is 10.6 Å². The fraction of sp³-hybridized carbons (Fsp3) is 0.0833. The Bertz CT molecular complexity index is 1080. The van der Waals surface area contributed by atoms with Crippen LogP contribution >= 0.6 is 15.9 Å². The molecule has 2 N–H and O–H groups in total. The maximum Gasteiger partial charge on any atom is 0.268 e. The Hall–Kier alpha value is -3.38. The van der Waals surface area contributed by atoms with E-state index in [1.807, 2.05) is 49.4 Å². The second-order valence-electron chi connectivity index (χ2n) is 6.59. The van der Waals surface area contributed by atoms with Crippen molar-refractivity contribution in [3.63, 3.8) is 0 Å². The van der Waals surface area contributed by atoms with E-state index in [0.29, 0.717) is 17.1 Å². The molecule has 3 rings (SSSR count). The topological polar surface area (TPSA) is 71.3 Å². The predicted octanol–water partition coefficient (Wildman–Crippen LogP) is 5.09. The van der Waals surface area contributed by atoms with Gasteiger partial charge in [0.15, 0.2) is 0 Å². The zero-order valence-corrected chi connectivity index (χ0v) is 18.0. The molecule has 0 fully saturated rings. The first-order chi connectivity index (χ1) is 14.5. The zero-order valence-electron chi connectivity index (χ0n) is 16.4. The highest BCUT2D eigenvalue weighted by atomic mass is 79.9. The number of hydrogen-bond acceptors (Lipinski definition) is 3. The van der Waals surface area contributed by atoms with Gasteiger partial charge < -0.3 is 15.1 Å². The van der Waals surface area contributed by atoms with Crippen molar-refractivity contribution in [2.45, 2.75) is 6.92 Å². The minimum absolute atomic E-state index is 0.0825. The molecule has 1 heterocycles. The van der Waals surface area contributed by atoms with Crippen LogP contribution in [-0.4, -0.2) is 18.4 Å². The van der Waals surface area contributed by atoms with Gasteiger partial charge in [0.05, 0.1) is 0 Å². The molecule has 0 aliphatic rings. The van der Waals surface area contributed by atoms with Gasteiger partial charge in [-0.15, -0.1) is 6.58 Å². The molecule has 0 aliphatic carbocycles. The Balaban J connectivity index is 1.86. The van der Waals surface area contributed by atoms with Crippen LogP contribution in [0.1, 0.15) is 21.7 Å². The molecule has 0 atom stereocenters. The van der Waals surface area contributed by atoms with Crippen molar-refractivity contribution in [2.75, 3.05) is 6.54 Å². The largest absolute Gasteiger partial charge is 0.457 e. The average molecular weight is 465 g/mol. The van der Waals surface area contributed by atoms with Gasteiger partial charge in [0, 0.05) is 28.2 Å². The first-order valence-electron chi connectivity index (χ1n) is 9.31. The van der Waals surface area contributed by atoms with Crippen molar-refractivity contribution in [3.05, 3.63) is 100 Å². The Morgan fingerprint density at radius 3 is 2.40 bits per heavy atom. The first kappa shape index (κ1) is 21.3. The van der Waals surface area contributed by atoms with Crippen molar-refractivity contribution >= 4 is 33.8 Å². The third-order valence-corrected chi connectivity index (χ3v) is 4.78. The molecule has 0 bridgehead atoms. The second-order valence-corrected chi connectivity index (χ2v) is 7.50. The summed E-state index contributed by atoms with van der Waals surface area (Å²) in [4.78, 5) is 25.2. The maximum atomic E-state index is 12.6. The molecule has 0 saturated carbocycles. The number of carbonyl (C=O) groups excluding carboxylic acids is 2. The van der Waals surface area contributed by atoms with Crippen LogP contribution in [0.2, 0.25) is 0 Å². The number of nitrogens with one attached hydrogen (secondary N) is 2. The first-order valence-corrected chi connectivity index (χ1v) is 10.1. The van der Waals surface area contributed by atoms with Gasteiger partial charge >= 0.3 is 0 Å². The molecular formula is C24H21BrN2O3. The van der Waals surface area contributed by atoms with E-state index in [9.17, 15) is 9.59 Å². The number of rotatable bonds is 7. The molecule has 30 heavy (non-hydrogen) atoms. The molecule has 3 aromatic rings. The lowest BCUT2D eigenvalue weighted by Crippen LogP contribution is -2.34. The highest BCUT2D eigenvalue weighted by molar-refractivity contribution is 9.10. The number of benzene rings is 2. The molecule has 0 unspecified atom stereocenters. The molecule has 2 amide bonds. The van der Waals surface area contributed by atoms with E-state index in [4.69, 9.17) is 4.42 Å². The van der Waals surface area contributed by atoms with Crippen LogP contribution in [-0.2, 0) is 4.79 Å². The Morgan fingerprint density at radius 1 is 1.03 bits per heavy atom. The van der Waals surface area contributed by atoms with Crippen molar-refractivity contribution < 1.29 is 14.0 Å². The van der Waals surface area contributed by atoms with E-state index in [-0.39, 0.29) is 18.1 Å². The molecule has 0 spiro atoms. The molecule has 152 valence electrons. The van der Waals surface area contributed by atoms with Gasteiger partial charge in [-0.3, -0.25) is 9.59 Å². The number of carbonyl (C=O) groups is 2. The Morgan fingerprint density at radius 2 is 1.73 bits per heavy atom. The fourth-order valence-electron chi connectivity index (χ4n) is 2.66. The fourth-order valence-corrected chi connectivity index (χ4v) is 2.92. The van der Waals surface area contributed by atoms with E-state index < -0.39 is 5.91 Å². The van der Waals surface area contributed by atoms with Gasteiger partial charge in [0.25, 0.3) is 11.8 Å². The van der Waals surface area contributed by atoms with Gasteiger partial charge in [-0.2, -0.15) is 0 Å². The summed E-state index contributed by atoms with van der Waals surface area (Å²) in [6, 6.07) is 18.4. The van der Waals surface area contributed by atoms with E-state index in [1.165, 1.54) is 6.08 Å². The van der Waals surface area contributed by atoms with Crippen molar-refractivity contribution in [3.8, 4) is 11.3 Å². The smallest absolute Gasteiger partial charge is 0.268 e. The van der Waals surface area contributed by atoms with Gasteiger partial charge in [-0.1, -0.05) is 51.8 Å². The van der Waals surface area contributed by atoms with Crippen molar-refractivity contribution in [2.24, 2.45) is 0 Å². The third kappa shape index (κ3) is 5.58. The molecule has 5 nitrogen and oxygen atoms in total. The predicted molar refractivity (Wildman–Crippen MR) is 122 cm³/mol. The van der Waals surface area contributed by atoms with Crippen LogP contribution in [0.4, 0.5) is 0 Å². The molecule has 0 radical (unpaired) electrons. The van der Waals surface area contributed by atoms with Crippen LogP contribution in [0, 0.1) is 6.92 Å². The minimum atomic E-state index is -0.433. The quantitative estimate of drug-likeness (QED) is 0.377. The molecule has 0 saturated heterocycles. The summed E-state index contributed by atoms with van der Waals surface area (Å²) >= 11 is 3.41. The highest BCUT2D eigenvalue weighted by Gasteiger charge is 2.15. The molecule has 2 aromatic carbocycles. The van der Waals surface area contributed by atoms with Gasteiger partial charge in [-0.05, 0) is 43.3 Å². The summed E-state index contributed by atoms with van der Waals surface area (Å²) < 4.78 is 6.82. The number of aryl methyl sites for hydroxylation is 1. The highest BCUT2D eigenvalue weighted by Crippen LogP contribution is 2.25. The lowest BCUT2D eigenvalue weighted by atomic mass is 10.1. The Kier molecular flexibility index (Phi) is 7.03. The van der Waals surface area contributed by atoms with Gasteiger partial charge in [-0.25, -0.2) is 0 Å². The average Bonchev–Trinajstić information content (AvgIpc) is 3.21. The SMILES string of the molecule is C=CCNC(=O)C(=Cc1ccc(-c2ccc(Br)cc2)o1)NC(=O)c1ccc(C)cc1.